The molecule has 144 valence electrons. The van der Waals surface area contributed by atoms with Gasteiger partial charge in [-0.3, -0.25) is 14.5 Å². The number of hydrogen-bond acceptors (Lipinski definition) is 5. The zero-order valence-corrected chi connectivity index (χ0v) is 15.8. The molecule has 1 atom stereocenters. The van der Waals surface area contributed by atoms with Gasteiger partial charge in [-0.15, -0.1) is 0 Å². The van der Waals surface area contributed by atoms with E-state index in [2.05, 4.69) is 10.2 Å². The van der Waals surface area contributed by atoms with Gasteiger partial charge in [0, 0.05) is 11.5 Å². The summed E-state index contributed by atoms with van der Waals surface area (Å²) in [5, 5.41) is 2.95. The van der Waals surface area contributed by atoms with Crippen molar-refractivity contribution < 1.29 is 18.7 Å². The third-order valence-corrected chi connectivity index (χ3v) is 5.05. The molecular weight excluding hydrogens is 344 g/mol. The lowest BCUT2D eigenvalue weighted by Gasteiger charge is -2.31. The fourth-order valence-electron chi connectivity index (χ4n) is 3.44. The Morgan fingerprint density at radius 1 is 1.22 bits per heavy atom. The van der Waals surface area contributed by atoms with Gasteiger partial charge in [0.2, 0.25) is 5.91 Å². The van der Waals surface area contributed by atoms with E-state index in [0.717, 1.165) is 43.0 Å². The number of nitrogens with one attached hydrogen (secondary N) is 1. The molecule has 1 aromatic carbocycles. The highest BCUT2D eigenvalue weighted by Gasteiger charge is 2.27. The monoisotopic (exact) mass is 370 g/mol. The lowest BCUT2D eigenvalue weighted by molar-refractivity contribution is -0.123. The zero-order chi connectivity index (χ0) is 19.2. The smallest absolute Gasteiger partial charge is 0.234 e. The van der Waals surface area contributed by atoms with Crippen LogP contribution in [0.5, 0.6) is 5.75 Å². The van der Waals surface area contributed by atoms with Crippen molar-refractivity contribution in [1.82, 2.24) is 10.2 Å². The van der Waals surface area contributed by atoms with Crippen LogP contribution >= 0.6 is 0 Å². The summed E-state index contributed by atoms with van der Waals surface area (Å²) in [6.07, 6.45) is 3.14. The Balaban J connectivity index is 1.45. The van der Waals surface area contributed by atoms with E-state index in [4.69, 9.17) is 9.15 Å². The first-order valence-electron chi connectivity index (χ1n) is 9.30. The summed E-state index contributed by atoms with van der Waals surface area (Å²) in [4.78, 5) is 27.0. The molecule has 1 aliphatic rings. The number of carbonyl (C=O) groups excluding carboxylic acids is 2. The lowest BCUT2D eigenvalue weighted by Crippen LogP contribution is -2.43. The molecular formula is C21H26N2O4. The van der Waals surface area contributed by atoms with Crippen molar-refractivity contribution in [3.63, 3.8) is 0 Å². The summed E-state index contributed by atoms with van der Waals surface area (Å²) in [5.74, 6) is 1.65. The number of ketones is 1. The molecule has 2 aromatic rings. The number of amides is 1. The van der Waals surface area contributed by atoms with E-state index in [1.165, 1.54) is 0 Å². The number of piperidine rings is 1. The molecule has 1 amide bonds. The van der Waals surface area contributed by atoms with Crippen LogP contribution in [0.1, 0.15) is 41.9 Å². The first-order chi connectivity index (χ1) is 13.1. The van der Waals surface area contributed by atoms with E-state index in [0.29, 0.717) is 6.54 Å². The molecule has 1 fully saturated rings. The normalized spacial score (nSPS) is 16.7. The number of benzene rings is 1. The van der Waals surface area contributed by atoms with Gasteiger partial charge in [0.05, 0.1) is 26.0 Å². The zero-order valence-electron chi connectivity index (χ0n) is 15.8. The third kappa shape index (κ3) is 4.98. The van der Waals surface area contributed by atoms with Gasteiger partial charge in [0.1, 0.15) is 11.5 Å². The highest BCUT2D eigenvalue weighted by atomic mass is 16.5. The second-order valence-electron chi connectivity index (χ2n) is 6.95. The number of rotatable bonds is 7. The molecule has 0 spiro atoms. The molecule has 0 aliphatic carbocycles. The summed E-state index contributed by atoms with van der Waals surface area (Å²) in [5.41, 5.74) is 0.722. The van der Waals surface area contributed by atoms with E-state index in [1.807, 2.05) is 43.3 Å². The Morgan fingerprint density at radius 3 is 2.52 bits per heavy atom. The number of likely N-dealkylation sites (tertiary alicyclic amines) is 1. The highest BCUT2D eigenvalue weighted by Crippen LogP contribution is 2.23. The van der Waals surface area contributed by atoms with Crippen molar-refractivity contribution >= 4 is 11.7 Å². The van der Waals surface area contributed by atoms with Gasteiger partial charge < -0.3 is 14.5 Å². The van der Waals surface area contributed by atoms with Crippen LogP contribution in [0, 0.1) is 5.92 Å². The number of ether oxygens (including phenoxy) is 1. The molecule has 0 saturated carbocycles. The highest BCUT2D eigenvalue weighted by molar-refractivity contribution is 5.98. The summed E-state index contributed by atoms with van der Waals surface area (Å²) in [6.45, 7) is 3.73. The van der Waals surface area contributed by atoms with Gasteiger partial charge in [-0.2, -0.15) is 0 Å². The quantitative estimate of drug-likeness (QED) is 0.759. The minimum Gasteiger partial charge on any atom is -0.497 e. The Kier molecular flexibility index (Phi) is 6.29. The number of Topliss-reactive ketones (excluding diaryl/α,β-unsaturated/α-hetero) is 1. The summed E-state index contributed by atoms with van der Waals surface area (Å²) in [7, 11) is 1.61. The second-order valence-corrected chi connectivity index (χ2v) is 6.95. The first kappa shape index (κ1) is 19.2. The second kappa shape index (κ2) is 8.86. The molecule has 6 heteroatoms. The van der Waals surface area contributed by atoms with Gasteiger partial charge in [0.25, 0.3) is 0 Å². The maximum absolute atomic E-state index is 12.7. The molecule has 2 heterocycles. The van der Waals surface area contributed by atoms with E-state index >= 15 is 0 Å². The molecule has 0 radical (unpaired) electrons. The molecule has 6 nitrogen and oxygen atoms in total. The van der Waals surface area contributed by atoms with Crippen molar-refractivity contribution in [2.24, 2.45) is 5.92 Å². The maximum atomic E-state index is 12.7. The van der Waals surface area contributed by atoms with Crippen molar-refractivity contribution in [3.8, 4) is 5.75 Å². The molecule has 1 aliphatic heterocycles. The largest absolute Gasteiger partial charge is 0.497 e. The van der Waals surface area contributed by atoms with E-state index in [9.17, 15) is 9.59 Å². The van der Waals surface area contributed by atoms with E-state index in [1.54, 1.807) is 13.4 Å². The van der Waals surface area contributed by atoms with Gasteiger partial charge in [0.15, 0.2) is 5.78 Å². The number of carbonyl (C=O) groups is 2. The average molecular weight is 370 g/mol. The number of furan rings is 1. The van der Waals surface area contributed by atoms with Crippen molar-refractivity contribution in [1.29, 1.82) is 0 Å². The Hall–Kier alpha value is -2.60. The van der Waals surface area contributed by atoms with Crippen LogP contribution in [-0.2, 0) is 4.79 Å². The SMILES string of the molecule is COc1ccc(C(=O)C2CCN(CC(=O)N[C@@H](C)c3ccco3)CC2)cc1. The molecule has 1 N–H and O–H groups in total. The van der Waals surface area contributed by atoms with Crippen LogP contribution < -0.4 is 10.1 Å². The molecule has 3 rings (SSSR count). The number of hydrogen-bond donors (Lipinski definition) is 1. The van der Waals surface area contributed by atoms with Crippen molar-refractivity contribution in [2.75, 3.05) is 26.7 Å². The third-order valence-electron chi connectivity index (χ3n) is 5.05. The maximum Gasteiger partial charge on any atom is 0.234 e. The lowest BCUT2D eigenvalue weighted by atomic mass is 9.89. The van der Waals surface area contributed by atoms with Crippen LogP contribution in [-0.4, -0.2) is 43.3 Å². The van der Waals surface area contributed by atoms with Crippen molar-refractivity contribution in [2.45, 2.75) is 25.8 Å². The number of methoxy groups -OCH3 is 1. The molecule has 0 unspecified atom stereocenters. The van der Waals surface area contributed by atoms with E-state index in [-0.39, 0.29) is 23.7 Å². The van der Waals surface area contributed by atoms with Crippen LogP contribution in [0.2, 0.25) is 0 Å². The minimum atomic E-state index is -0.151. The predicted octanol–water partition coefficient (Wildman–Crippen LogP) is 3.06. The Bertz CT molecular complexity index is 747. The summed E-state index contributed by atoms with van der Waals surface area (Å²) in [6, 6.07) is 10.8. The average Bonchev–Trinajstić information content (AvgIpc) is 3.23. The Labute approximate surface area is 159 Å². The van der Waals surface area contributed by atoms with Crippen LogP contribution in [0.4, 0.5) is 0 Å². The molecule has 1 aromatic heterocycles. The summed E-state index contributed by atoms with van der Waals surface area (Å²) < 4.78 is 10.4. The standard InChI is InChI=1S/C21H26N2O4/c1-15(19-4-3-13-27-19)22-20(24)14-23-11-9-17(10-12-23)21(25)16-5-7-18(26-2)8-6-16/h3-8,13,15,17H,9-12,14H2,1-2H3,(H,22,24)/t15-/m0/s1. The van der Waals surface area contributed by atoms with E-state index < -0.39 is 0 Å². The van der Waals surface area contributed by atoms with Gasteiger partial charge in [-0.1, -0.05) is 0 Å². The van der Waals surface area contributed by atoms with Crippen molar-refractivity contribution in [3.05, 3.63) is 54.0 Å². The van der Waals surface area contributed by atoms with Crippen LogP contribution in [0.25, 0.3) is 0 Å². The molecule has 0 bridgehead atoms. The topological polar surface area (TPSA) is 71.8 Å². The number of nitrogens with zero attached hydrogens (tertiary/aromatic N) is 1. The Morgan fingerprint density at radius 2 is 1.93 bits per heavy atom. The van der Waals surface area contributed by atoms with Gasteiger partial charge in [-0.05, 0) is 69.3 Å². The molecule has 27 heavy (non-hydrogen) atoms. The predicted molar refractivity (Wildman–Crippen MR) is 102 cm³/mol. The van der Waals surface area contributed by atoms with Gasteiger partial charge in [-0.25, -0.2) is 0 Å². The fourth-order valence-corrected chi connectivity index (χ4v) is 3.44. The minimum absolute atomic E-state index is 0.0137. The first-order valence-corrected chi connectivity index (χ1v) is 9.30. The summed E-state index contributed by atoms with van der Waals surface area (Å²) >= 11 is 0. The fraction of sp³-hybridized carbons (Fsp3) is 0.429. The van der Waals surface area contributed by atoms with Gasteiger partial charge >= 0.3 is 0 Å². The molecule has 1 saturated heterocycles. The van der Waals surface area contributed by atoms with Crippen LogP contribution in [0.15, 0.2) is 47.1 Å². The van der Waals surface area contributed by atoms with Crippen LogP contribution in [0.3, 0.4) is 0 Å².